The van der Waals surface area contributed by atoms with Gasteiger partial charge in [0, 0.05) is 35.8 Å². The van der Waals surface area contributed by atoms with E-state index in [1.165, 1.54) is 33.5 Å². The zero-order valence-corrected chi connectivity index (χ0v) is 12.9. The summed E-state index contributed by atoms with van der Waals surface area (Å²) >= 11 is 1.95. The maximum atomic E-state index is 3.48. The van der Waals surface area contributed by atoms with Gasteiger partial charge in [0.05, 0.1) is 0 Å². The first-order valence-corrected chi connectivity index (χ1v) is 8.27. The Labute approximate surface area is 125 Å². The second-order valence-corrected chi connectivity index (χ2v) is 6.41. The van der Waals surface area contributed by atoms with Crippen molar-refractivity contribution >= 4 is 21.4 Å². The molecule has 20 heavy (non-hydrogen) atoms. The van der Waals surface area contributed by atoms with Gasteiger partial charge in [-0.15, -0.1) is 11.3 Å². The van der Waals surface area contributed by atoms with Crippen LogP contribution in [-0.4, -0.2) is 24.5 Å². The number of fused-ring (bicyclic) bond motifs is 1. The molecule has 3 heteroatoms. The molecular formula is C17H22N2S. The van der Waals surface area contributed by atoms with Gasteiger partial charge in [-0.3, -0.25) is 4.90 Å². The fraction of sp³-hybridized carbons (Fsp3) is 0.412. The normalized spacial score (nSPS) is 16.1. The van der Waals surface area contributed by atoms with Crippen LogP contribution < -0.4 is 5.32 Å². The van der Waals surface area contributed by atoms with Crippen molar-refractivity contribution in [3.8, 4) is 0 Å². The molecule has 106 valence electrons. The first-order chi connectivity index (χ1) is 9.88. The van der Waals surface area contributed by atoms with Crippen LogP contribution in [0.4, 0.5) is 0 Å². The van der Waals surface area contributed by atoms with Gasteiger partial charge >= 0.3 is 0 Å². The first kappa shape index (κ1) is 13.8. The molecule has 0 amide bonds. The SMILES string of the molecule is CCNCc1sc2ccccc2c1CN1CC=CCC1. The summed E-state index contributed by atoms with van der Waals surface area (Å²) in [6, 6.07) is 8.82. The molecule has 0 fully saturated rings. The molecule has 2 aromatic rings. The van der Waals surface area contributed by atoms with E-state index in [9.17, 15) is 0 Å². The molecule has 3 rings (SSSR count). The third kappa shape index (κ3) is 2.95. The predicted molar refractivity (Wildman–Crippen MR) is 88.2 cm³/mol. The molecule has 1 aliphatic heterocycles. The van der Waals surface area contributed by atoms with Crippen LogP contribution in [0.15, 0.2) is 36.4 Å². The molecule has 2 heterocycles. The lowest BCUT2D eigenvalue weighted by molar-refractivity contribution is 0.291. The minimum Gasteiger partial charge on any atom is -0.312 e. The Kier molecular flexibility index (Phi) is 4.51. The topological polar surface area (TPSA) is 15.3 Å². The molecule has 2 nitrogen and oxygen atoms in total. The number of rotatable bonds is 5. The molecule has 1 N–H and O–H groups in total. The third-order valence-electron chi connectivity index (χ3n) is 3.84. The van der Waals surface area contributed by atoms with Crippen molar-refractivity contribution in [2.75, 3.05) is 19.6 Å². The molecule has 0 bridgehead atoms. The van der Waals surface area contributed by atoms with E-state index < -0.39 is 0 Å². The number of hydrogen-bond acceptors (Lipinski definition) is 3. The molecule has 0 unspecified atom stereocenters. The second-order valence-electron chi connectivity index (χ2n) is 5.28. The molecule has 1 aliphatic rings. The number of thiophene rings is 1. The van der Waals surface area contributed by atoms with E-state index in [1.807, 2.05) is 11.3 Å². The van der Waals surface area contributed by atoms with Gasteiger partial charge in [-0.2, -0.15) is 0 Å². The Hall–Kier alpha value is -1.16. The number of nitrogens with one attached hydrogen (secondary N) is 1. The molecular weight excluding hydrogens is 264 g/mol. The van der Waals surface area contributed by atoms with E-state index in [1.54, 1.807) is 0 Å². The van der Waals surface area contributed by atoms with Crippen molar-refractivity contribution in [2.24, 2.45) is 0 Å². The Morgan fingerprint density at radius 3 is 2.95 bits per heavy atom. The van der Waals surface area contributed by atoms with Gasteiger partial charge in [-0.25, -0.2) is 0 Å². The van der Waals surface area contributed by atoms with Crippen LogP contribution in [0.3, 0.4) is 0 Å². The van der Waals surface area contributed by atoms with E-state index in [2.05, 4.69) is 53.6 Å². The third-order valence-corrected chi connectivity index (χ3v) is 5.05. The lowest BCUT2D eigenvalue weighted by Gasteiger charge is -2.23. The smallest absolute Gasteiger partial charge is 0.0349 e. The first-order valence-electron chi connectivity index (χ1n) is 7.46. The van der Waals surface area contributed by atoms with Crippen molar-refractivity contribution in [1.29, 1.82) is 0 Å². The van der Waals surface area contributed by atoms with Crippen molar-refractivity contribution in [1.82, 2.24) is 10.2 Å². The Morgan fingerprint density at radius 2 is 2.15 bits per heavy atom. The van der Waals surface area contributed by atoms with Crippen LogP contribution in [0, 0.1) is 0 Å². The quantitative estimate of drug-likeness (QED) is 0.842. The summed E-state index contributed by atoms with van der Waals surface area (Å²) in [6.45, 7) is 7.54. The average Bonchev–Trinajstić information content (AvgIpc) is 2.84. The maximum Gasteiger partial charge on any atom is 0.0349 e. The highest BCUT2D eigenvalue weighted by Crippen LogP contribution is 2.32. The van der Waals surface area contributed by atoms with Gasteiger partial charge in [0.2, 0.25) is 0 Å². The van der Waals surface area contributed by atoms with Crippen LogP contribution in [0.1, 0.15) is 23.8 Å². The number of hydrogen-bond donors (Lipinski definition) is 1. The van der Waals surface area contributed by atoms with Crippen LogP contribution in [0.5, 0.6) is 0 Å². The largest absolute Gasteiger partial charge is 0.312 e. The van der Waals surface area contributed by atoms with Crippen LogP contribution >= 0.6 is 11.3 Å². The summed E-state index contributed by atoms with van der Waals surface area (Å²) in [6.07, 6.45) is 5.77. The Morgan fingerprint density at radius 1 is 1.25 bits per heavy atom. The predicted octanol–water partition coefficient (Wildman–Crippen LogP) is 3.77. The highest BCUT2D eigenvalue weighted by Gasteiger charge is 2.15. The summed E-state index contributed by atoms with van der Waals surface area (Å²) in [4.78, 5) is 4.05. The van der Waals surface area contributed by atoms with Crippen molar-refractivity contribution < 1.29 is 0 Å². The van der Waals surface area contributed by atoms with Gasteiger partial charge in [-0.1, -0.05) is 37.3 Å². The molecule has 1 aromatic heterocycles. The zero-order valence-electron chi connectivity index (χ0n) is 12.1. The minimum absolute atomic E-state index is 0.995. The molecule has 0 atom stereocenters. The van der Waals surface area contributed by atoms with Crippen LogP contribution in [0.2, 0.25) is 0 Å². The van der Waals surface area contributed by atoms with Crippen LogP contribution in [-0.2, 0) is 13.1 Å². The highest BCUT2D eigenvalue weighted by atomic mass is 32.1. The standard InChI is InChI=1S/C17H22N2S/c1-2-18-12-17-15(13-19-10-6-3-7-11-19)14-8-4-5-9-16(14)20-17/h3-6,8-9,18H,2,7,10-13H2,1H3. The minimum atomic E-state index is 0.995. The Bertz CT molecular complexity index is 600. The van der Waals surface area contributed by atoms with Crippen molar-refractivity contribution in [3.05, 3.63) is 46.9 Å². The van der Waals surface area contributed by atoms with E-state index in [4.69, 9.17) is 0 Å². The van der Waals surface area contributed by atoms with E-state index >= 15 is 0 Å². The second kappa shape index (κ2) is 6.53. The molecule has 0 saturated heterocycles. The summed E-state index contributed by atoms with van der Waals surface area (Å²) < 4.78 is 1.42. The molecule has 0 saturated carbocycles. The summed E-state index contributed by atoms with van der Waals surface area (Å²) in [7, 11) is 0. The molecule has 0 spiro atoms. The summed E-state index contributed by atoms with van der Waals surface area (Å²) in [5.41, 5.74) is 1.53. The molecule has 0 radical (unpaired) electrons. The zero-order chi connectivity index (χ0) is 13.8. The fourth-order valence-corrected chi connectivity index (χ4v) is 3.95. The van der Waals surface area contributed by atoms with Gasteiger partial charge in [-0.05, 0) is 30.0 Å². The van der Waals surface area contributed by atoms with Gasteiger partial charge in [0.25, 0.3) is 0 Å². The fourth-order valence-electron chi connectivity index (χ4n) is 2.76. The van der Waals surface area contributed by atoms with Crippen molar-refractivity contribution in [3.63, 3.8) is 0 Å². The summed E-state index contributed by atoms with van der Waals surface area (Å²) in [5.74, 6) is 0. The lowest BCUT2D eigenvalue weighted by atomic mass is 10.1. The lowest BCUT2D eigenvalue weighted by Crippen LogP contribution is -2.27. The van der Waals surface area contributed by atoms with E-state index in [0.717, 1.165) is 26.2 Å². The van der Waals surface area contributed by atoms with Gasteiger partial charge in [0.15, 0.2) is 0 Å². The highest BCUT2D eigenvalue weighted by molar-refractivity contribution is 7.19. The van der Waals surface area contributed by atoms with Crippen molar-refractivity contribution in [2.45, 2.75) is 26.4 Å². The van der Waals surface area contributed by atoms with Crippen LogP contribution in [0.25, 0.3) is 10.1 Å². The number of benzene rings is 1. The molecule has 1 aromatic carbocycles. The van der Waals surface area contributed by atoms with Gasteiger partial charge in [0.1, 0.15) is 0 Å². The number of nitrogens with zero attached hydrogens (tertiary/aromatic N) is 1. The Balaban J connectivity index is 1.90. The van der Waals surface area contributed by atoms with Gasteiger partial charge < -0.3 is 5.32 Å². The van der Waals surface area contributed by atoms with E-state index in [-0.39, 0.29) is 0 Å². The van der Waals surface area contributed by atoms with E-state index in [0.29, 0.717) is 0 Å². The average molecular weight is 286 g/mol. The maximum absolute atomic E-state index is 3.48. The summed E-state index contributed by atoms with van der Waals surface area (Å²) in [5, 5.41) is 4.93. The molecule has 0 aliphatic carbocycles. The monoisotopic (exact) mass is 286 g/mol.